The summed E-state index contributed by atoms with van der Waals surface area (Å²) < 4.78 is 0. The van der Waals surface area contributed by atoms with E-state index in [2.05, 4.69) is 65.4 Å². The highest BCUT2D eigenvalue weighted by Crippen LogP contribution is 2.16. The molecular weight excluding hydrogens is 324 g/mol. The van der Waals surface area contributed by atoms with Gasteiger partial charge in [-0.05, 0) is 25.0 Å². The monoisotopic (exact) mass is 354 g/mol. The van der Waals surface area contributed by atoms with Gasteiger partial charge in [0.25, 0.3) is 11.7 Å². The van der Waals surface area contributed by atoms with Gasteiger partial charge in [-0.25, -0.2) is 4.98 Å². The smallest absolute Gasteiger partial charge is 0.275 e. The predicted octanol–water partition coefficient (Wildman–Crippen LogP) is 0.782. The SMILES string of the molecule is CC[C@@H](NC(=O)C[NH+]1CCN(c2cccc[nH+]2)CC1)c1ccc(C)cc1. The Balaban J connectivity index is 1.48. The molecule has 2 aromatic rings. The number of rotatable bonds is 6. The first-order valence-electron chi connectivity index (χ1n) is 9.57. The van der Waals surface area contributed by atoms with Gasteiger partial charge in [0.2, 0.25) is 0 Å². The van der Waals surface area contributed by atoms with Crippen molar-refractivity contribution in [1.82, 2.24) is 5.32 Å². The number of pyridine rings is 1. The molecule has 0 spiro atoms. The maximum absolute atomic E-state index is 12.5. The third kappa shape index (κ3) is 4.82. The third-order valence-corrected chi connectivity index (χ3v) is 5.14. The minimum absolute atomic E-state index is 0.0997. The van der Waals surface area contributed by atoms with E-state index in [1.807, 2.05) is 12.3 Å². The molecule has 0 unspecified atom stereocenters. The highest BCUT2D eigenvalue weighted by atomic mass is 16.2. The van der Waals surface area contributed by atoms with Crippen LogP contribution < -0.4 is 20.1 Å². The van der Waals surface area contributed by atoms with Crippen LogP contribution in [0.15, 0.2) is 48.7 Å². The Kier molecular flexibility index (Phi) is 6.23. The van der Waals surface area contributed by atoms with Gasteiger partial charge in [0.05, 0.1) is 12.2 Å². The third-order valence-electron chi connectivity index (χ3n) is 5.14. The Morgan fingerprint density at radius 3 is 2.54 bits per heavy atom. The van der Waals surface area contributed by atoms with Crippen molar-refractivity contribution in [2.24, 2.45) is 0 Å². The van der Waals surface area contributed by atoms with E-state index < -0.39 is 0 Å². The number of nitrogens with one attached hydrogen (secondary N) is 3. The molecule has 1 aromatic carbocycles. The number of quaternary nitrogens is 1. The van der Waals surface area contributed by atoms with Crippen LogP contribution in [-0.2, 0) is 4.79 Å². The predicted molar refractivity (Wildman–Crippen MR) is 103 cm³/mol. The molecule has 1 amide bonds. The Hall–Kier alpha value is -2.40. The summed E-state index contributed by atoms with van der Waals surface area (Å²) in [5.41, 5.74) is 2.43. The van der Waals surface area contributed by atoms with Gasteiger partial charge >= 0.3 is 0 Å². The van der Waals surface area contributed by atoms with E-state index in [0.29, 0.717) is 6.54 Å². The van der Waals surface area contributed by atoms with Crippen molar-refractivity contribution in [1.29, 1.82) is 0 Å². The van der Waals surface area contributed by atoms with Crippen molar-refractivity contribution in [3.8, 4) is 0 Å². The van der Waals surface area contributed by atoms with Crippen LogP contribution in [0.2, 0.25) is 0 Å². The van der Waals surface area contributed by atoms with Crippen LogP contribution in [0.25, 0.3) is 0 Å². The number of amides is 1. The van der Waals surface area contributed by atoms with E-state index in [-0.39, 0.29) is 11.9 Å². The minimum Gasteiger partial charge on any atom is -0.344 e. The van der Waals surface area contributed by atoms with E-state index in [1.165, 1.54) is 16.0 Å². The first kappa shape index (κ1) is 18.4. The maximum atomic E-state index is 12.5. The van der Waals surface area contributed by atoms with Crippen LogP contribution in [0.5, 0.6) is 0 Å². The number of hydrogen-bond acceptors (Lipinski definition) is 2. The average molecular weight is 354 g/mol. The molecule has 138 valence electrons. The van der Waals surface area contributed by atoms with Crippen LogP contribution in [0.3, 0.4) is 0 Å². The summed E-state index contributed by atoms with van der Waals surface area (Å²) in [6.07, 6.45) is 2.86. The fourth-order valence-corrected chi connectivity index (χ4v) is 3.51. The van der Waals surface area contributed by atoms with E-state index in [1.54, 1.807) is 0 Å². The number of aromatic nitrogens is 1. The maximum Gasteiger partial charge on any atom is 0.275 e. The molecule has 26 heavy (non-hydrogen) atoms. The van der Waals surface area contributed by atoms with Gasteiger partial charge in [-0.3, -0.25) is 9.69 Å². The number of carbonyl (C=O) groups is 1. The van der Waals surface area contributed by atoms with Crippen molar-refractivity contribution >= 4 is 11.7 Å². The summed E-state index contributed by atoms with van der Waals surface area (Å²) >= 11 is 0. The number of hydrogen-bond donors (Lipinski definition) is 2. The molecule has 3 N–H and O–H groups in total. The number of aryl methyl sites for hydroxylation is 1. The summed E-state index contributed by atoms with van der Waals surface area (Å²) in [7, 11) is 0. The number of nitrogens with zero attached hydrogens (tertiary/aromatic N) is 1. The molecule has 1 atom stereocenters. The highest BCUT2D eigenvalue weighted by Gasteiger charge is 2.27. The lowest BCUT2D eigenvalue weighted by Gasteiger charge is -2.28. The van der Waals surface area contributed by atoms with Crippen LogP contribution in [0, 0.1) is 6.92 Å². The van der Waals surface area contributed by atoms with Gasteiger partial charge in [-0.2, -0.15) is 0 Å². The second kappa shape index (κ2) is 8.81. The number of benzene rings is 1. The first-order chi connectivity index (χ1) is 12.7. The minimum atomic E-state index is 0.0997. The molecule has 2 heterocycles. The summed E-state index contributed by atoms with van der Waals surface area (Å²) in [4.78, 5) is 19.5. The van der Waals surface area contributed by atoms with Crippen LogP contribution in [0.4, 0.5) is 5.82 Å². The molecule has 1 fully saturated rings. The fraction of sp³-hybridized carbons (Fsp3) is 0.429. The van der Waals surface area contributed by atoms with Crippen molar-refractivity contribution in [3.63, 3.8) is 0 Å². The summed E-state index contributed by atoms with van der Waals surface area (Å²) in [5, 5.41) is 3.21. The largest absolute Gasteiger partial charge is 0.344 e. The second-order valence-corrected chi connectivity index (χ2v) is 7.10. The normalized spacial score (nSPS) is 16.3. The van der Waals surface area contributed by atoms with Gasteiger partial charge in [-0.15, -0.1) is 0 Å². The first-order valence-corrected chi connectivity index (χ1v) is 9.57. The Bertz CT molecular complexity index is 694. The van der Waals surface area contributed by atoms with Gasteiger partial charge < -0.3 is 10.2 Å². The van der Waals surface area contributed by atoms with Gasteiger partial charge in [0.15, 0.2) is 6.54 Å². The molecule has 3 rings (SSSR count). The molecule has 0 saturated carbocycles. The van der Waals surface area contributed by atoms with Crippen LogP contribution in [0.1, 0.15) is 30.5 Å². The summed E-state index contributed by atoms with van der Waals surface area (Å²) in [6, 6.07) is 14.7. The fourth-order valence-electron chi connectivity index (χ4n) is 3.51. The van der Waals surface area contributed by atoms with E-state index in [4.69, 9.17) is 0 Å². The molecule has 5 heteroatoms. The number of carbonyl (C=O) groups excluding carboxylic acids is 1. The summed E-state index contributed by atoms with van der Waals surface area (Å²) in [6.45, 7) is 8.66. The molecule has 1 aromatic heterocycles. The van der Waals surface area contributed by atoms with E-state index >= 15 is 0 Å². The van der Waals surface area contributed by atoms with Gasteiger partial charge in [0, 0.05) is 6.07 Å². The van der Waals surface area contributed by atoms with Crippen molar-refractivity contribution in [2.75, 3.05) is 37.6 Å². The molecule has 1 aliphatic heterocycles. The standard InChI is InChI=1S/C21H28N4O/c1-3-19(18-9-7-17(2)8-10-18)23-21(26)16-24-12-14-25(15-13-24)20-6-4-5-11-22-20/h4-11,19H,3,12-16H2,1-2H3,(H,23,26)/p+2/t19-/m1/s1. The topological polar surface area (TPSA) is 50.9 Å². The number of aromatic amines is 1. The molecule has 0 aliphatic carbocycles. The Morgan fingerprint density at radius 2 is 1.92 bits per heavy atom. The number of H-pyrrole nitrogens is 1. The second-order valence-electron chi connectivity index (χ2n) is 7.10. The quantitative estimate of drug-likeness (QED) is 0.806. The molecule has 1 aliphatic rings. The molecule has 0 bridgehead atoms. The van der Waals surface area contributed by atoms with Gasteiger partial charge in [-0.1, -0.05) is 42.8 Å². The van der Waals surface area contributed by atoms with Gasteiger partial charge in [0.1, 0.15) is 26.2 Å². The lowest BCUT2D eigenvalue weighted by Crippen LogP contribution is -3.16. The lowest BCUT2D eigenvalue weighted by atomic mass is 10.0. The number of anilines is 1. The van der Waals surface area contributed by atoms with E-state index in [9.17, 15) is 4.79 Å². The zero-order valence-electron chi connectivity index (χ0n) is 15.8. The van der Waals surface area contributed by atoms with Crippen molar-refractivity contribution < 1.29 is 14.7 Å². The molecular formula is C21H30N4O+2. The Labute approximate surface area is 156 Å². The summed E-state index contributed by atoms with van der Waals surface area (Å²) in [5.74, 6) is 1.30. The zero-order chi connectivity index (χ0) is 18.4. The van der Waals surface area contributed by atoms with Crippen LogP contribution >= 0.6 is 0 Å². The van der Waals surface area contributed by atoms with Crippen LogP contribution in [-0.4, -0.2) is 38.6 Å². The molecule has 5 nitrogen and oxygen atoms in total. The average Bonchev–Trinajstić information content (AvgIpc) is 2.68. The van der Waals surface area contributed by atoms with Crippen molar-refractivity contribution in [2.45, 2.75) is 26.3 Å². The van der Waals surface area contributed by atoms with Crippen molar-refractivity contribution in [3.05, 3.63) is 59.8 Å². The zero-order valence-corrected chi connectivity index (χ0v) is 15.8. The Morgan fingerprint density at radius 1 is 1.19 bits per heavy atom. The lowest BCUT2D eigenvalue weighted by molar-refractivity contribution is -0.892. The van der Waals surface area contributed by atoms with E-state index in [0.717, 1.165) is 38.4 Å². The molecule has 0 radical (unpaired) electrons. The number of piperazine rings is 1. The molecule has 1 saturated heterocycles. The highest BCUT2D eigenvalue weighted by molar-refractivity contribution is 5.77.